The molecule has 1 amide bonds. The van der Waals surface area contributed by atoms with Crippen molar-refractivity contribution in [3.05, 3.63) is 41.5 Å². The monoisotopic (exact) mass is 311 g/mol. The van der Waals surface area contributed by atoms with Crippen molar-refractivity contribution < 1.29 is 18.3 Å². The first-order chi connectivity index (χ1) is 10.4. The molecule has 122 valence electrons. The van der Waals surface area contributed by atoms with Gasteiger partial charge in [-0.1, -0.05) is 38.1 Å². The summed E-state index contributed by atoms with van der Waals surface area (Å²) in [5, 5.41) is 0. The lowest BCUT2D eigenvalue weighted by atomic mass is 10.0. The molecule has 0 aromatic heterocycles. The van der Waals surface area contributed by atoms with Crippen LogP contribution in [0.25, 0.3) is 6.08 Å². The third-order valence-electron chi connectivity index (χ3n) is 3.26. The second-order valence-corrected chi connectivity index (χ2v) is 5.32. The molecule has 0 atom stereocenters. The number of hydrogen-bond acceptors (Lipinski definition) is 2. The average Bonchev–Trinajstić information content (AvgIpc) is 2.49. The molecule has 0 fully saturated rings. The molecule has 5 heteroatoms. The second kappa shape index (κ2) is 9.30. The van der Waals surface area contributed by atoms with E-state index in [4.69, 9.17) is 4.74 Å². The van der Waals surface area contributed by atoms with Crippen LogP contribution in [0.2, 0.25) is 0 Å². The van der Waals surface area contributed by atoms with Gasteiger partial charge in [-0.05, 0) is 23.1 Å². The highest BCUT2D eigenvalue weighted by molar-refractivity contribution is 5.91. The van der Waals surface area contributed by atoms with Crippen molar-refractivity contribution >= 4 is 12.0 Å². The van der Waals surface area contributed by atoms with E-state index in [9.17, 15) is 13.6 Å². The van der Waals surface area contributed by atoms with Crippen LogP contribution in [0.4, 0.5) is 8.78 Å². The van der Waals surface area contributed by atoms with Crippen LogP contribution in [0.1, 0.15) is 30.9 Å². The molecule has 0 aliphatic rings. The lowest BCUT2D eigenvalue weighted by Crippen LogP contribution is -2.36. The number of halogens is 2. The predicted molar refractivity (Wildman–Crippen MR) is 84.0 cm³/mol. The van der Waals surface area contributed by atoms with Gasteiger partial charge in [0.05, 0.1) is 13.2 Å². The molecule has 22 heavy (non-hydrogen) atoms. The molecule has 0 spiro atoms. The third kappa shape index (κ3) is 6.35. The van der Waals surface area contributed by atoms with E-state index in [0.29, 0.717) is 5.92 Å². The third-order valence-corrected chi connectivity index (χ3v) is 3.26. The van der Waals surface area contributed by atoms with Gasteiger partial charge in [-0.2, -0.15) is 0 Å². The van der Waals surface area contributed by atoms with Crippen LogP contribution < -0.4 is 0 Å². The Balaban J connectivity index is 2.70. The quantitative estimate of drug-likeness (QED) is 0.687. The van der Waals surface area contributed by atoms with Crippen molar-refractivity contribution in [2.75, 3.05) is 26.8 Å². The smallest absolute Gasteiger partial charge is 0.255 e. The zero-order valence-corrected chi connectivity index (χ0v) is 13.3. The number of amides is 1. The van der Waals surface area contributed by atoms with Gasteiger partial charge in [0.1, 0.15) is 0 Å². The molecular weight excluding hydrogens is 288 g/mol. The Labute approximate surface area is 130 Å². The molecule has 0 unspecified atom stereocenters. The molecule has 0 saturated heterocycles. The van der Waals surface area contributed by atoms with E-state index in [0.717, 1.165) is 10.5 Å². The van der Waals surface area contributed by atoms with Gasteiger partial charge in [-0.3, -0.25) is 4.79 Å². The molecule has 3 nitrogen and oxygen atoms in total. The number of methoxy groups -OCH3 is 1. The number of nitrogens with zero attached hydrogens (tertiary/aromatic N) is 1. The summed E-state index contributed by atoms with van der Waals surface area (Å²) in [4.78, 5) is 13.1. The van der Waals surface area contributed by atoms with E-state index in [-0.39, 0.29) is 13.2 Å². The Hall–Kier alpha value is -1.75. The first kappa shape index (κ1) is 18.3. The molecule has 0 aliphatic heterocycles. The standard InChI is InChI=1S/C17H23F2NO2/c1-13(2)15-7-4-14(5-8-15)6-9-17(21)20(10-11-22-3)12-16(18)19/h4-9,13,16H,10-12H2,1-3H3/b9-6+. The van der Waals surface area contributed by atoms with Crippen molar-refractivity contribution in [2.24, 2.45) is 0 Å². The van der Waals surface area contributed by atoms with Crippen molar-refractivity contribution in [2.45, 2.75) is 26.2 Å². The minimum Gasteiger partial charge on any atom is -0.383 e. The number of ether oxygens (including phenoxy) is 1. The molecule has 1 rings (SSSR count). The van der Waals surface area contributed by atoms with E-state index < -0.39 is 18.9 Å². The van der Waals surface area contributed by atoms with Crippen LogP contribution in [0.3, 0.4) is 0 Å². The highest BCUT2D eigenvalue weighted by Gasteiger charge is 2.15. The molecule has 0 radical (unpaired) electrons. The summed E-state index contributed by atoms with van der Waals surface area (Å²) in [7, 11) is 1.47. The van der Waals surface area contributed by atoms with Crippen LogP contribution in [0.15, 0.2) is 30.3 Å². The summed E-state index contributed by atoms with van der Waals surface area (Å²) in [5.41, 5.74) is 2.07. The van der Waals surface area contributed by atoms with Crippen LogP contribution in [0.5, 0.6) is 0 Å². The highest BCUT2D eigenvalue weighted by atomic mass is 19.3. The first-order valence-electron chi connectivity index (χ1n) is 7.28. The Kier molecular flexibility index (Phi) is 7.74. The van der Waals surface area contributed by atoms with E-state index in [1.807, 2.05) is 24.3 Å². The minimum atomic E-state index is -2.56. The summed E-state index contributed by atoms with van der Waals surface area (Å²) >= 11 is 0. The zero-order valence-electron chi connectivity index (χ0n) is 13.3. The van der Waals surface area contributed by atoms with Crippen molar-refractivity contribution in [3.8, 4) is 0 Å². The highest BCUT2D eigenvalue weighted by Crippen LogP contribution is 2.15. The maximum atomic E-state index is 12.5. The van der Waals surface area contributed by atoms with Crippen molar-refractivity contribution in [3.63, 3.8) is 0 Å². The Morgan fingerprint density at radius 1 is 1.27 bits per heavy atom. The zero-order chi connectivity index (χ0) is 16.5. The average molecular weight is 311 g/mol. The number of benzene rings is 1. The normalized spacial score (nSPS) is 11.6. The summed E-state index contributed by atoms with van der Waals surface area (Å²) < 4.78 is 29.8. The van der Waals surface area contributed by atoms with E-state index in [1.54, 1.807) is 6.08 Å². The number of alkyl halides is 2. The van der Waals surface area contributed by atoms with Gasteiger partial charge in [0.25, 0.3) is 6.43 Å². The fraction of sp³-hybridized carbons (Fsp3) is 0.471. The van der Waals surface area contributed by atoms with E-state index in [2.05, 4.69) is 13.8 Å². The molecule has 1 aromatic rings. The van der Waals surface area contributed by atoms with Crippen LogP contribution >= 0.6 is 0 Å². The van der Waals surface area contributed by atoms with E-state index >= 15 is 0 Å². The molecule has 0 saturated carbocycles. The summed E-state index contributed by atoms with van der Waals surface area (Å²) in [6, 6.07) is 7.81. The molecule has 0 bridgehead atoms. The molecule has 0 heterocycles. The Morgan fingerprint density at radius 3 is 2.41 bits per heavy atom. The molecule has 1 aromatic carbocycles. The van der Waals surface area contributed by atoms with Gasteiger partial charge in [-0.25, -0.2) is 8.78 Å². The Bertz CT molecular complexity index is 484. The number of carbonyl (C=O) groups excluding carboxylic acids is 1. The molecule has 0 aliphatic carbocycles. The molecule has 0 N–H and O–H groups in total. The van der Waals surface area contributed by atoms with Crippen LogP contribution in [0, 0.1) is 0 Å². The molecular formula is C17H23F2NO2. The van der Waals surface area contributed by atoms with Gasteiger partial charge in [0, 0.05) is 19.7 Å². The SMILES string of the molecule is COCCN(CC(F)F)C(=O)/C=C/c1ccc(C(C)C)cc1. The van der Waals surface area contributed by atoms with Gasteiger partial charge in [0.2, 0.25) is 5.91 Å². The fourth-order valence-corrected chi connectivity index (χ4v) is 1.92. The summed E-state index contributed by atoms with van der Waals surface area (Å²) in [6.07, 6.45) is 0.402. The maximum Gasteiger partial charge on any atom is 0.255 e. The number of carbonyl (C=O) groups is 1. The summed E-state index contributed by atoms with van der Waals surface area (Å²) in [6.45, 7) is 4.00. The Morgan fingerprint density at radius 2 is 1.91 bits per heavy atom. The minimum absolute atomic E-state index is 0.149. The first-order valence-corrected chi connectivity index (χ1v) is 7.28. The number of hydrogen-bond donors (Lipinski definition) is 0. The predicted octanol–water partition coefficient (Wildman–Crippen LogP) is 3.56. The van der Waals surface area contributed by atoms with Crippen LogP contribution in [-0.4, -0.2) is 44.0 Å². The maximum absolute atomic E-state index is 12.5. The van der Waals surface area contributed by atoms with Gasteiger partial charge < -0.3 is 9.64 Å². The lowest BCUT2D eigenvalue weighted by molar-refractivity contribution is -0.128. The number of rotatable bonds is 8. The largest absolute Gasteiger partial charge is 0.383 e. The van der Waals surface area contributed by atoms with Crippen molar-refractivity contribution in [1.29, 1.82) is 0 Å². The topological polar surface area (TPSA) is 29.5 Å². The van der Waals surface area contributed by atoms with Gasteiger partial charge in [-0.15, -0.1) is 0 Å². The van der Waals surface area contributed by atoms with Gasteiger partial charge in [0.15, 0.2) is 0 Å². The van der Waals surface area contributed by atoms with E-state index in [1.165, 1.54) is 18.7 Å². The fourth-order valence-electron chi connectivity index (χ4n) is 1.92. The van der Waals surface area contributed by atoms with Gasteiger partial charge >= 0.3 is 0 Å². The second-order valence-electron chi connectivity index (χ2n) is 5.32. The van der Waals surface area contributed by atoms with Crippen LogP contribution in [-0.2, 0) is 9.53 Å². The van der Waals surface area contributed by atoms with Crippen molar-refractivity contribution in [1.82, 2.24) is 4.90 Å². The lowest BCUT2D eigenvalue weighted by Gasteiger charge is -2.20. The summed E-state index contributed by atoms with van der Waals surface area (Å²) in [5.74, 6) is 0.000486.